The number of nitro groups is 1. The molecule has 1 aromatic rings. The first kappa shape index (κ1) is 18.4. The molecule has 9 nitrogen and oxygen atoms in total. The van der Waals surface area contributed by atoms with Crippen molar-refractivity contribution < 1.29 is 24.0 Å². The number of nitrogens with one attached hydrogen (secondary N) is 2. The van der Waals surface area contributed by atoms with Gasteiger partial charge < -0.3 is 15.4 Å². The van der Waals surface area contributed by atoms with Crippen molar-refractivity contribution in [2.24, 2.45) is 5.92 Å². The van der Waals surface area contributed by atoms with Crippen LogP contribution in [0.4, 0.5) is 5.69 Å². The Labute approximate surface area is 143 Å². The molecule has 1 aliphatic carbocycles. The number of ether oxygens (including phenoxy) is 1. The van der Waals surface area contributed by atoms with Gasteiger partial charge in [0.25, 0.3) is 17.5 Å². The predicted molar refractivity (Wildman–Crippen MR) is 86.7 cm³/mol. The zero-order valence-electron chi connectivity index (χ0n) is 13.7. The molecule has 134 valence electrons. The van der Waals surface area contributed by atoms with Crippen LogP contribution in [0.2, 0.25) is 0 Å². The summed E-state index contributed by atoms with van der Waals surface area (Å²) in [7, 11) is 0. The van der Waals surface area contributed by atoms with E-state index >= 15 is 0 Å². The lowest BCUT2D eigenvalue weighted by atomic mass is 10.2. The lowest BCUT2D eigenvalue weighted by Crippen LogP contribution is -2.38. The summed E-state index contributed by atoms with van der Waals surface area (Å²) < 4.78 is 4.78. The minimum Gasteiger partial charge on any atom is -0.454 e. The Morgan fingerprint density at radius 2 is 2.08 bits per heavy atom. The molecule has 0 spiro atoms. The van der Waals surface area contributed by atoms with Crippen LogP contribution in [0.5, 0.6) is 0 Å². The van der Waals surface area contributed by atoms with Gasteiger partial charge in [0.15, 0.2) is 6.61 Å². The summed E-state index contributed by atoms with van der Waals surface area (Å²) in [5.41, 5.74) is -0.172. The van der Waals surface area contributed by atoms with E-state index in [-0.39, 0.29) is 17.3 Å². The molecule has 0 heterocycles. The summed E-state index contributed by atoms with van der Waals surface area (Å²) in [5, 5.41) is 15.7. The maximum atomic E-state index is 11.9. The minimum atomic E-state index is -0.770. The molecular formula is C16H19N3O6. The van der Waals surface area contributed by atoms with Gasteiger partial charge in [0.05, 0.1) is 4.92 Å². The molecule has 1 atom stereocenters. The number of benzene rings is 1. The highest BCUT2D eigenvalue weighted by atomic mass is 16.6. The summed E-state index contributed by atoms with van der Waals surface area (Å²) in [5.74, 6) is -1.31. The number of carbonyl (C=O) groups is 3. The van der Waals surface area contributed by atoms with Crippen LogP contribution in [-0.4, -0.2) is 41.9 Å². The second-order valence-corrected chi connectivity index (χ2v) is 5.84. The van der Waals surface area contributed by atoms with Crippen LogP contribution in [0.3, 0.4) is 0 Å². The third-order valence-electron chi connectivity index (χ3n) is 3.79. The Morgan fingerprint density at radius 3 is 2.72 bits per heavy atom. The molecule has 25 heavy (non-hydrogen) atoms. The molecular weight excluding hydrogens is 330 g/mol. The standard InChI is InChI=1S/C16H19N3O6/c1-10(11-5-6-11)18-14(20)9-25-15(21)8-17-16(22)12-3-2-4-13(7-12)19(23)24/h2-4,7,10-11H,5-6,8-9H2,1H3,(H,17,22)(H,18,20)/t10-/m1/s1. The van der Waals surface area contributed by atoms with Gasteiger partial charge in [0.1, 0.15) is 6.54 Å². The van der Waals surface area contributed by atoms with Crippen molar-refractivity contribution >= 4 is 23.5 Å². The zero-order chi connectivity index (χ0) is 18.4. The van der Waals surface area contributed by atoms with Crippen LogP contribution in [0.15, 0.2) is 24.3 Å². The molecule has 9 heteroatoms. The number of esters is 1. The largest absolute Gasteiger partial charge is 0.454 e. The van der Waals surface area contributed by atoms with Gasteiger partial charge in [-0.05, 0) is 31.7 Å². The molecule has 1 aliphatic rings. The Morgan fingerprint density at radius 1 is 1.36 bits per heavy atom. The Bertz CT molecular complexity index is 686. The second kappa shape index (κ2) is 8.22. The first-order chi connectivity index (χ1) is 11.9. The summed E-state index contributed by atoms with van der Waals surface area (Å²) in [6.07, 6.45) is 2.18. The van der Waals surface area contributed by atoms with Crippen LogP contribution in [-0.2, 0) is 14.3 Å². The van der Waals surface area contributed by atoms with Gasteiger partial charge in [0, 0.05) is 23.7 Å². The number of nitro benzene ring substituents is 1. The van der Waals surface area contributed by atoms with Crippen molar-refractivity contribution in [1.29, 1.82) is 0 Å². The highest BCUT2D eigenvalue weighted by molar-refractivity contribution is 5.96. The third-order valence-corrected chi connectivity index (χ3v) is 3.79. The smallest absolute Gasteiger partial charge is 0.325 e. The highest BCUT2D eigenvalue weighted by Crippen LogP contribution is 2.32. The maximum Gasteiger partial charge on any atom is 0.325 e. The lowest BCUT2D eigenvalue weighted by molar-refractivity contribution is -0.384. The molecule has 1 aromatic carbocycles. The van der Waals surface area contributed by atoms with E-state index in [1.807, 2.05) is 6.92 Å². The Hall–Kier alpha value is -2.97. The number of nitrogens with zero attached hydrogens (tertiary/aromatic N) is 1. The van der Waals surface area contributed by atoms with Gasteiger partial charge in [-0.1, -0.05) is 6.07 Å². The average Bonchev–Trinajstić information content (AvgIpc) is 3.43. The first-order valence-corrected chi connectivity index (χ1v) is 7.84. The highest BCUT2D eigenvalue weighted by Gasteiger charge is 2.28. The number of amides is 2. The van der Waals surface area contributed by atoms with Gasteiger partial charge in [-0.15, -0.1) is 0 Å². The van der Waals surface area contributed by atoms with Crippen molar-refractivity contribution in [1.82, 2.24) is 10.6 Å². The quantitative estimate of drug-likeness (QED) is 0.405. The van der Waals surface area contributed by atoms with Gasteiger partial charge in [0.2, 0.25) is 0 Å². The van der Waals surface area contributed by atoms with E-state index < -0.39 is 35.9 Å². The molecule has 2 rings (SSSR count). The summed E-state index contributed by atoms with van der Waals surface area (Å²) >= 11 is 0. The van der Waals surface area contributed by atoms with E-state index in [2.05, 4.69) is 10.6 Å². The third kappa shape index (κ3) is 5.87. The molecule has 0 aromatic heterocycles. The molecule has 2 N–H and O–H groups in total. The summed E-state index contributed by atoms with van der Waals surface area (Å²) in [4.78, 5) is 45.1. The van der Waals surface area contributed by atoms with E-state index in [9.17, 15) is 24.5 Å². The van der Waals surface area contributed by atoms with Crippen molar-refractivity contribution in [3.63, 3.8) is 0 Å². The van der Waals surface area contributed by atoms with E-state index in [0.717, 1.165) is 18.9 Å². The Balaban J connectivity index is 1.71. The summed E-state index contributed by atoms with van der Waals surface area (Å²) in [6, 6.07) is 5.18. The molecule has 1 saturated carbocycles. The van der Waals surface area contributed by atoms with Crippen molar-refractivity contribution in [3.05, 3.63) is 39.9 Å². The lowest BCUT2D eigenvalue weighted by Gasteiger charge is -2.12. The van der Waals surface area contributed by atoms with Crippen LogP contribution >= 0.6 is 0 Å². The molecule has 0 aliphatic heterocycles. The van der Waals surface area contributed by atoms with Crippen LogP contribution in [0.25, 0.3) is 0 Å². The number of rotatable bonds is 8. The van der Waals surface area contributed by atoms with Crippen LogP contribution in [0.1, 0.15) is 30.1 Å². The molecule has 0 radical (unpaired) electrons. The van der Waals surface area contributed by atoms with E-state index in [0.29, 0.717) is 5.92 Å². The van der Waals surface area contributed by atoms with Crippen LogP contribution in [0, 0.1) is 16.0 Å². The maximum absolute atomic E-state index is 11.9. The first-order valence-electron chi connectivity index (χ1n) is 7.84. The summed E-state index contributed by atoms with van der Waals surface area (Å²) in [6.45, 7) is 1.05. The Kier molecular flexibility index (Phi) is 6.04. The van der Waals surface area contributed by atoms with E-state index in [4.69, 9.17) is 4.74 Å². The number of hydrogen-bond acceptors (Lipinski definition) is 6. The average molecular weight is 349 g/mol. The molecule has 0 unspecified atom stereocenters. The normalized spacial score (nSPS) is 14.3. The molecule has 0 saturated heterocycles. The number of carbonyl (C=O) groups excluding carboxylic acids is 3. The second-order valence-electron chi connectivity index (χ2n) is 5.84. The fourth-order valence-electron chi connectivity index (χ4n) is 2.22. The monoisotopic (exact) mass is 349 g/mol. The SMILES string of the molecule is C[C@@H](NC(=O)COC(=O)CNC(=O)c1cccc([N+](=O)[O-])c1)C1CC1. The fourth-order valence-corrected chi connectivity index (χ4v) is 2.22. The van der Waals surface area contributed by atoms with Crippen LogP contribution < -0.4 is 10.6 Å². The topological polar surface area (TPSA) is 128 Å². The van der Waals surface area contributed by atoms with Gasteiger partial charge in [-0.25, -0.2) is 0 Å². The fraction of sp³-hybridized carbons (Fsp3) is 0.438. The molecule has 1 fully saturated rings. The minimum absolute atomic E-state index is 0.0537. The van der Waals surface area contributed by atoms with Crippen molar-refractivity contribution in [2.75, 3.05) is 13.2 Å². The van der Waals surface area contributed by atoms with Crippen molar-refractivity contribution in [3.8, 4) is 0 Å². The molecule has 0 bridgehead atoms. The van der Waals surface area contributed by atoms with Gasteiger partial charge in [-0.2, -0.15) is 0 Å². The predicted octanol–water partition coefficient (Wildman–Crippen LogP) is 0.783. The van der Waals surface area contributed by atoms with Crippen molar-refractivity contribution in [2.45, 2.75) is 25.8 Å². The van der Waals surface area contributed by atoms with Gasteiger partial charge >= 0.3 is 5.97 Å². The van der Waals surface area contributed by atoms with E-state index in [1.165, 1.54) is 18.2 Å². The van der Waals surface area contributed by atoms with E-state index in [1.54, 1.807) is 0 Å². The van der Waals surface area contributed by atoms with Gasteiger partial charge in [-0.3, -0.25) is 24.5 Å². The zero-order valence-corrected chi connectivity index (χ0v) is 13.7. The molecule has 2 amide bonds. The number of hydrogen-bond donors (Lipinski definition) is 2. The number of non-ortho nitro benzene ring substituents is 1.